The summed E-state index contributed by atoms with van der Waals surface area (Å²) in [7, 11) is 0. The standard InChI is InChI=1S/C11H21NO/c1-4-6-7-8-11(3,13)10-12-9-5-2/h12-13H,5,7-10H2,1-3H3. The van der Waals surface area contributed by atoms with Gasteiger partial charge in [-0.2, -0.15) is 0 Å². The van der Waals surface area contributed by atoms with E-state index in [4.69, 9.17) is 0 Å². The van der Waals surface area contributed by atoms with E-state index in [1.54, 1.807) is 0 Å². The summed E-state index contributed by atoms with van der Waals surface area (Å²) < 4.78 is 0. The highest BCUT2D eigenvalue weighted by Gasteiger charge is 2.18. The van der Waals surface area contributed by atoms with Crippen molar-refractivity contribution in [2.75, 3.05) is 13.1 Å². The molecular formula is C11H21NO. The van der Waals surface area contributed by atoms with Gasteiger partial charge in [0.15, 0.2) is 0 Å². The van der Waals surface area contributed by atoms with Gasteiger partial charge in [-0.1, -0.05) is 6.92 Å². The minimum Gasteiger partial charge on any atom is -0.389 e. The molecule has 2 N–H and O–H groups in total. The van der Waals surface area contributed by atoms with E-state index in [9.17, 15) is 5.11 Å². The van der Waals surface area contributed by atoms with E-state index < -0.39 is 5.60 Å². The van der Waals surface area contributed by atoms with E-state index in [2.05, 4.69) is 24.1 Å². The van der Waals surface area contributed by atoms with Gasteiger partial charge < -0.3 is 10.4 Å². The van der Waals surface area contributed by atoms with Crippen LogP contribution in [0.3, 0.4) is 0 Å². The fourth-order valence-corrected chi connectivity index (χ4v) is 1.08. The zero-order chi connectivity index (χ0) is 10.2. The minimum atomic E-state index is -0.612. The van der Waals surface area contributed by atoms with Gasteiger partial charge in [-0.05, 0) is 33.2 Å². The monoisotopic (exact) mass is 183 g/mol. The van der Waals surface area contributed by atoms with Gasteiger partial charge in [-0.25, -0.2) is 0 Å². The molecule has 0 aliphatic heterocycles. The van der Waals surface area contributed by atoms with Crippen molar-refractivity contribution in [3.05, 3.63) is 0 Å². The number of hydrogen-bond acceptors (Lipinski definition) is 2. The van der Waals surface area contributed by atoms with Gasteiger partial charge in [0.05, 0.1) is 5.60 Å². The van der Waals surface area contributed by atoms with Crippen LogP contribution in [0.2, 0.25) is 0 Å². The fraction of sp³-hybridized carbons (Fsp3) is 0.818. The maximum Gasteiger partial charge on any atom is 0.0752 e. The first-order valence-corrected chi connectivity index (χ1v) is 4.95. The van der Waals surface area contributed by atoms with Crippen molar-refractivity contribution in [1.29, 1.82) is 0 Å². The molecule has 1 unspecified atom stereocenters. The fourth-order valence-electron chi connectivity index (χ4n) is 1.08. The highest BCUT2D eigenvalue weighted by atomic mass is 16.3. The van der Waals surface area contributed by atoms with Crippen molar-refractivity contribution in [3.63, 3.8) is 0 Å². The van der Waals surface area contributed by atoms with Crippen molar-refractivity contribution >= 4 is 0 Å². The first-order valence-electron chi connectivity index (χ1n) is 4.95. The molecule has 0 saturated carbocycles. The van der Waals surface area contributed by atoms with Crippen molar-refractivity contribution < 1.29 is 5.11 Å². The van der Waals surface area contributed by atoms with Crippen LogP contribution in [-0.4, -0.2) is 23.8 Å². The Morgan fingerprint density at radius 1 is 1.46 bits per heavy atom. The lowest BCUT2D eigenvalue weighted by Crippen LogP contribution is -2.37. The van der Waals surface area contributed by atoms with E-state index in [1.807, 2.05) is 13.8 Å². The molecule has 76 valence electrons. The average molecular weight is 183 g/mol. The van der Waals surface area contributed by atoms with Gasteiger partial charge in [0.25, 0.3) is 0 Å². The van der Waals surface area contributed by atoms with Crippen LogP contribution in [0, 0.1) is 11.8 Å². The molecule has 0 bridgehead atoms. The Hall–Kier alpha value is -0.520. The molecule has 0 aromatic rings. The molecule has 0 aliphatic rings. The Bertz CT molecular complexity index is 176. The summed E-state index contributed by atoms with van der Waals surface area (Å²) in [6.45, 7) is 7.42. The second-order valence-corrected chi connectivity index (χ2v) is 3.60. The van der Waals surface area contributed by atoms with Gasteiger partial charge in [-0.3, -0.25) is 0 Å². The molecule has 0 rings (SSSR count). The summed E-state index contributed by atoms with van der Waals surface area (Å²) in [6, 6.07) is 0. The number of aliphatic hydroxyl groups is 1. The molecule has 1 atom stereocenters. The largest absolute Gasteiger partial charge is 0.389 e. The van der Waals surface area contributed by atoms with Gasteiger partial charge >= 0.3 is 0 Å². The zero-order valence-electron chi connectivity index (χ0n) is 8.98. The van der Waals surface area contributed by atoms with E-state index in [0.717, 1.165) is 25.8 Å². The van der Waals surface area contributed by atoms with Crippen molar-refractivity contribution in [2.24, 2.45) is 0 Å². The van der Waals surface area contributed by atoms with Crippen molar-refractivity contribution in [2.45, 2.75) is 45.6 Å². The molecule has 0 spiro atoms. The van der Waals surface area contributed by atoms with Gasteiger partial charge in [0, 0.05) is 13.0 Å². The second-order valence-electron chi connectivity index (χ2n) is 3.60. The Labute approximate surface area is 81.7 Å². The number of nitrogens with one attached hydrogen (secondary N) is 1. The summed E-state index contributed by atoms with van der Waals surface area (Å²) in [6.07, 6.45) is 2.62. The number of rotatable bonds is 6. The lowest BCUT2D eigenvalue weighted by Gasteiger charge is -2.22. The summed E-state index contributed by atoms with van der Waals surface area (Å²) in [5, 5.41) is 13.0. The second kappa shape index (κ2) is 6.94. The predicted octanol–water partition coefficient (Wildman–Crippen LogP) is 1.54. The Morgan fingerprint density at radius 3 is 2.69 bits per heavy atom. The molecule has 2 nitrogen and oxygen atoms in total. The Morgan fingerprint density at radius 2 is 2.15 bits per heavy atom. The zero-order valence-corrected chi connectivity index (χ0v) is 8.98. The van der Waals surface area contributed by atoms with Gasteiger partial charge in [0.2, 0.25) is 0 Å². The Balaban J connectivity index is 3.57. The van der Waals surface area contributed by atoms with E-state index in [1.165, 1.54) is 0 Å². The van der Waals surface area contributed by atoms with E-state index in [-0.39, 0.29) is 0 Å². The van der Waals surface area contributed by atoms with Crippen LogP contribution in [0.4, 0.5) is 0 Å². The molecule has 0 aromatic carbocycles. The molecule has 0 radical (unpaired) electrons. The number of hydrogen-bond donors (Lipinski definition) is 2. The molecule has 0 amide bonds. The van der Waals surface area contributed by atoms with Crippen LogP contribution < -0.4 is 5.32 Å². The normalized spacial score (nSPS) is 14.5. The molecule has 0 aliphatic carbocycles. The SMILES string of the molecule is CC#CCCC(C)(O)CNCCC. The maximum atomic E-state index is 9.84. The van der Waals surface area contributed by atoms with Crippen molar-refractivity contribution in [1.82, 2.24) is 5.32 Å². The summed E-state index contributed by atoms with van der Waals surface area (Å²) in [5.41, 5.74) is -0.612. The minimum absolute atomic E-state index is 0.612. The summed E-state index contributed by atoms with van der Waals surface area (Å²) >= 11 is 0. The third-order valence-electron chi connectivity index (χ3n) is 1.90. The molecule has 0 saturated heterocycles. The lowest BCUT2D eigenvalue weighted by atomic mass is 10.0. The predicted molar refractivity (Wildman–Crippen MR) is 56.5 cm³/mol. The van der Waals surface area contributed by atoms with Crippen LogP contribution in [0.15, 0.2) is 0 Å². The van der Waals surface area contributed by atoms with Crippen LogP contribution in [0.1, 0.15) is 40.0 Å². The van der Waals surface area contributed by atoms with Crippen LogP contribution in [-0.2, 0) is 0 Å². The molecule has 0 aromatic heterocycles. The van der Waals surface area contributed by atoms with Crippen LogP contribution in [0.25, 0.3) is 0 Å². The van der Waals surface area contributed by atoms with Gasteiger partial charge in [0.1, 0.15) is 0 Å². The van der Waals surface area contributed by atoms with Crippen LogP contribution in [0.5, 0.6) is 0 Å². The molecular weight excluding hydrogens is 162 g/mol. The lowest BCUT2D eigenvalue weighted by molar-refractivity contribution is 0.0526. The summed E-state index contributed by atoms with van der Waals surface area (Å²) in [4.78, 5) is 0. The third-order valence-corrected chi connectivity index (χ3v) is 1.90. The van der Waals surface area contributed by atoms with E-state index >= 15 is 0 Å². The molecule has 2 heteroatoms. The highest BCUT2D eigenvalue weighted by molar-refractivity contribution is 4.96. The topological polar surface area (TPSA) is 32.3 Å². The smallest absolute Gasteiger partial charge is 0.0752 e. The summed E-state index contributed by atoms with van der Waals surface area (Å²) in [5.74, 6) is 5.78. The third kappa shape index (κ3) is 7.83. The molecule has 0 fully saturated rings. The van der Waals surface area contributed by atoms with E-state index in [0.29, 0.717) is 6.54 Å². The first kappa shape index (κ1) is 12.5. The maximum absolute atomic E-state index is 9.84. The molecule has 13 heavy (non-hydrogen) atoms. The Kier molecular flexibility index (Phi) is 6.66. The highest BCUT2D eigenvalue weighted by Crippen LogP contribution is 2.09. The van der Waals surface area contributed by atoms with Crippen molar-refractivity contribution in [3.8, 4) is 11.8 Å². The van der Waals surface area contributed by atoms with Crippen LogP contribution >= 0.6 is 0 Å². The quantitative estimate of drug-likeness (QED) is 0.483. The molecule has 0 heterocycles. The van der Waals surface area contributed by atoms with Gasteiger partial charge in [-0.15, -0.1) is 11.8 Å². The first-order chi connectivity index (χ1) is 6.12. The average Bonchev–Trinajstić information content (AvgIpc) is 2.05.